The molecule has 7 nitrogen and oxygen atoms in total. The van der Waals surface area contributed by atoms with Crippen LogP contribution in [-0.4, -0.2) is 35.4 Å². The summed E-state index contributed by atoms with van der Waals surface area (Å²) in [6.45, 7) is 12.1. The molecule has 0 fully saturated rings. The first-order chi connectivity index (χ1) is 11.8. The SMILES string of the molecule is CC(C)(C)C(=O)O.CCOC(=O)c1[c-]c(OC(=O)OC(C)(C)C)ccc1.[Zn]. The molecule has 0 saturated heterocycles. The van der Waals surface area contributed by atoms with Crippen LogP contribution >= 0.6 is 0 Å². The average Bonchev–Trinajstić information content (AvgIpc) is 2.45. The Bertz CT molecular complexity index is 628. The van der Waals surface area contributed by atoms with Crippen molar-refractivity contribution in [3.8, 4) is 5.75 Å². The number of esters is 1. The summed E-state index contributed by atoms with van der Waals surface area (Å²) < 4.78 is 14.8. The fourth-order valence-electron chi connectivity index (χ4n) is 1.20. The normalized spacial score (nSPS) is 10.5. The van der Waals surface area contributed by atoms with Crippen LogP contribution in [0.3, 0.4) is 0 Å². The van der Waals surface area contributed by atoms with Crippen LogP contribution < -0.4 is 4.74 Å². The molecule has 0 saturated carbocycles. The van der Waals surface area contributed by atoms with E-state index in [0.29, 0.717) is 0 Å². The van der Waals surface area contributed by atoms with Crippen molar-refractivity contribution >= 4 is 18.1 Å². The van der Waals surface area contributed by atoms with Gasteiger partial charge in [-0.2, -0.15) is 0 Å². The van der Waals surface area contributed by atoms with Crippen LogP contribution in [0.15, 0.2) is 18.2 Å². The number of rotatable bonds is 3. The summed E-state index contributed by atoms with van der Waals surface area (Å²) in [5.41, 5.74) is -1.03. The summed E-state index contributed by atoms with van der Waals surface area (Å²) in [6.07, 6.45) is -0.843. The quantitative estimate of drug-likeness (QED) is 0.332. The van der Waals surface area contributed by atoms with Crippen LogP contribution in [0.2, 0.25) is 0 Å². The predicted molar refractivity (Wildman–Crippen MR) is 95.2 cm³/mol. The smallest absolute Gasteiger partial charge is 0.506 e. The van der Waals surface area contributed by atoms with Crippen LogP contribution in [0.1, 0.15) is 58.8 Å². The van der Waals surface area contributed by atoms with E-state index < -0.39 is 29.1 Å². The molecule has 0 radical (unpaired) electrons. The van der Waals surface area contributed by atoms with Gasteiger partial charge in [-0.15, -0.1) is 18.2 Å². The van der Waals surface area contributed by atoms with E-state index in [2.05, 4.69) is 6.07 Å². The third-order valence-corrected chi connectivity index (χ3v) is 2.49. The number of benzene rings is 1. The fourth-order valence-corrected chi connectivity index (χ4v) is 1.20. The zero-order valence-corrected chi connectivity index (χ0v) is 20.0. The molecular weight excluding hydrogens is 406 g/mol. The topological polar surface area (TPSA) is 99.1 Å². The fraction of sp³-hybridized carbons (Fsp3) is 0.526. The van der Waals surface area contributed by atoms with Gasteiger partial charge in [-0.3, -0.25) is 4.79 Å². The molecule has 27 heavy (non-hydrogen) atoms. The standard InChI is InChI=1S/C14H17O5.C5H10O2.Zn/c1-5-17-12(15)10-7-6-8-11(9-10)18-13(16)19-14(2,3)4;1-5(2,3)4(6)7;/h6-8H,5H2,1-4H3;1-3H3,(H,6,7);/q-1;;. The van der Waals surface area contributed by atoms with Gasteiger partial charge in [-0.25, -0.2) is 4.79 Å². The largest absolute Gasteiger partial charge is 0.512 e. The van der Waals surface area contributed by atoms with E-state index in [-0.39, 0.29) is 37.4 Å². The Labute approximate surface area is 173 Å². The number of hydrogen-bond donors (Lipinski definition) is 1. The number of carbonyl (C=O) groups excluding carboxylic acids is 2. The molecule has 0 spiro atoms. The Kier molecular flexibility index (Phi) is 11.8. The van der Waals surface area contributed by atoms with Crippen LogP contribution in [0.4, 0.5) is 4.79 Å². The van der Waals surface area contributed by atoms with Crippen molar-refractivity contribution in [2.45, 2.75) is 54.1 Å². The van der Waals surface area contributed by atoms with Crippen molar-refractivity contribution in [3.05, 3.63) is 29.8 Å². The van der Waals surface area contributed by atoms with Gasteiger partial charge >= 0.3 is 12.1 Å². The molecule has 0 bridgehead atoms. The van der Waals surface area contributed by atoms with Crippen molar-refractivity contribution in [1.82, 2.24) is 0 Å². The molecule has 0 amide bonds. The molecule has 8 heteroatoms. The molecule has 1 aromatic carbocycles. The molecule has 0 aliphatic carbocycles. The van der Waals surface area contributed by atoms with Crippen LogP contribution in [-0.2, 0) is 33.7 Å². The van der Waals surface area contributed by atoms with E-state index in [1.807, 2.05) is 0 Å². The number of hydrogen-bond acceptors (Lipinski definition) is 6. The van der Waals surface area contributed by atoms with E-state index in [1.165, 1.54) is 12.1 Å². The van der Waals surface area contributed by atoms with Crippen molar-refractivity contribution < 1.29 is 53.2 Å². The molecule has 0 atom stereocenters. The molecule has 0 heterocycles. The molecule has 0 aromatic heterocycles. The summed E-state index contributed by atoms with van der Waals surface area (Å²) in [6, 6.07) is 7.25. The Morgan fingerprint density at radius 2 is 1.59 bits per heavy atom. The van der Waals surface area contributed by atoms with Crippen LogP contribution in [0.5, 0.6) is 5.75 Å². The van der Waals surface area contributed by atoms with E-state index in [4.69, 9.17) is 19.3 Å². The minimum atomic E-state index is -0.843. The first-order valence-corrected chi connectivity index (χ1v) is 8.10. The number of carboxylic acids is 1. The van der Waals surface area contributed by atoms with Gasteiger partial charge in [-0.1, -0.05) is 11.6 Å². The first-order valence-electron chi connectivity index (χ1n) is 8.10. The van der Waals surface area contributed by atoms with Gasteiger partial charge in [0.15, 0.2) is 0 Å². The third kappa shape index (κ3) is 13.0. The number of aliphatic carboxylic acids is 1. The van der Waals surface area contributed by atoms with Gasteiger partial charge in [0.25, 0.3) is 0 Å². The summed E-state index contributed by atoms with van der Waals surface area (Å²) in [7, 11) is 0. The Balaban J connectivity index is 0. The van der Waals surface area contributed by atoms with Gasteiger partial charge in [0.05, 0.1) is 17.8 Å². The zero-order chi connectivity index (χ0) is 20.5. The minimum Gasteiger partial charge on any atom is -0.506 e. The molecule has 0 aliphatic rings. The van der Waals surface area contributed by atoms with Gasteiger partial charge in [0.2, 0.25) is 5.97 Å². The van der Waals surface area contributed by atoms with E-state index in [1.54, 1.807) is 54.5 Å². The first kappa shape index (κ1) is 27.3. The van der Waals surface area contributed by atoms with Crippen LogP contribution in [0.25, 0.3) is 0 Å². The van der Waals surface area contributed by atoms with E-state index in [9.17, 15) is 14.4 Å². The summed E-state index contributed by atoms with van der Waals surface area (Å²) in [4.78, 5) is 33.0. The minimum absolute atomic E-state index is 0. The maximum absolute atomic E-state index is 11.5. The van der Waals surface area contributed by atoms with E-state index >= 15 is 0 Å². The summed E-state index contributed by atoms with van der Waals surface area (Å²) in [5, 5.41) is 8.25. The van der Waals surface area contributed by atoms with Crippen molar-refractivity contribution in [1.29, 1.82) is 0 Å². The second kappa shape index (κ2) is 11.7. The van der Waals surface area contributed by atoms with Gasteiger partial charge < -0.3 is 24.1 Å². The molecule has 148 valence electrons. The Morgan fingerprint density at radius 3 is 2.00 bits per heavy atom. The molecule has 0 aliphatic heterocycles. The van der Waals surface area contributed by atoms with E-state index in [0.717, 1.165) is 0 Å². The molecule has 1 aromatic rings. The van der Waals surface area contributed by atoms with Crippen molar-refractivity contribution in [2.24, 2.45) is 5.41 Å². The van der Waals surface area contributed by atoms with Gasteiger partial charge in [0.1, 0.15) is 5.60 Å². The maximum Gasteiger partial charge on any atom is 0.512 e. The molecular formula is C19H27O7Zn-. The number of carboxylic acid groups (broad SMARTS) is 1. The van der Waals surface area contributed by atoms with Crippen molar-refractivity contribution in [2.75, 3.05) is 6.61 Å². The zero-order valence-electron chi connectivity index (χ0n) is 17.0. The maximum atomic E-state index is 11.5. The van der Waals surface area contributed by atoms with Crippen molar-refractivity contribution in [3.63, 3.8) is 0 Å². The Morgan fingerprint density at radius 1 is 1.07 bits per heavy atom. The summed E-state index contributed by atoms with van der Waals surface area (Å²) in [5.74, 6) is -1.16. The summed E-state index contributed by atoms with van der Waals surface area (Å²) >= 11 is 0. The molecule has 1 N–H and O–H groups in total. The van der Waals surface area contributed by atoms with Gasteiger partial charge in [0, 0.05) is 19.5 Å². The molecule has 1 rings (SSSR count). The van der Waals surface area contributed by atoms with Crippen LogP contribution in [0, 0.1) is 11.5 Å². The number of ether oxygens (including phenoxy) is 3. The second-order valence-corrected chi connectivity index (χ2v) is 7.27. The number of carbonyl (C=O) groups is 3. The third-order valence-electron chi connectivity index (χ3n) is 2.49. The predicted octanol–water partition coefficient (Wildman–Crippen LogP) is 4.09. The van der Waals surface area contributed by atoms with Gasteiger partial charge in [-0.05, 0) is 48.5 Å². The average molecular weight is 433 g/mol. The monoisotopic (exact) mass is 431 g/mol. The Hall–Kier alpha value is -1.95. The molecule has 0 unspecified atom stereocenters. The second-order valence-electron chi connectivity index (χ2n) is 7.27.